The van der Waals surface area contributed by atoms with Crippen molar-refractivity contribution in [2.75, 3.05) is 67.2 Å². The normalized spacial score (nSPS) is 18.9. The second-order valence-corrected chi connectivity index (χ2v) is 20.9. The number of pyridine rings is 1. The number of nitrogens with zero attached hydrogens (tertiary/aromatic N) is 8. The monoisotopic (exact) mass is 1030 g/mol. The molecule has 5 heterocycles. The van der Waals surface area contributed by atoms with Crippen LogP contribution in [-0.2, 0) is 36.6 Å². The highest BCUT2D eigenvalue weighted by atomic mass is 32.1. The van der Waals surface area contributed by atoms with Crippen molar-refractivity contribution in [3.05, 3.63) is 88.4 Å². The molecular weight excluding hydrogens is 977 g/mol. The van der Waals surface area contributed by atoms with Crippen molar-refractivity contribution in [3.63, 3.8) is 0 Å². The molecular formula is C50H58F4N10O6S2. The van der Waals surface area contributed by atoms with Crippen molar-refractivity contribution in [2.24, 2.45) is 5.41 Å². The number of benzene rings is 2. The molecule has 0 unspecified atom stereocenters. The number of hydrogen-bond donors (Lipinski definition) is 3. The van der Waals surface area contributed by atoms with Crippen molar-refractivity contribution >= 4 is 69.5 Å². The summed E-state index contributed by atoms with van der Waals surface area (Å²) >= 11 is 7.12. The third-order valence-corrected chi connectivity index (χ3v) is 14.4. The number of carbonyl (C=O) groups excluding carboxylic acids is 4. The van der Waals surface area contributed by atoms with Crippen LogP contribution in [0.25, 0.3) is 10.4 Å². The van der Waals surface area contributed by atoms with Crippen LogP contribution in [0.1, 0.15) is 76.3 Å². The van der Waals surface area contributed by atoms with E-state index in [0.29, 0.717) is 37.6 Å². The van der Waals surface area contributed by atoms with Gasteiger partial charge in [-0.05, 0) is 93.2 Å². The maximum absolute atomic E-state index is 15.5. The van der Waals surface area contributed by atoms with E-state index in [2.05, 4.69) is 30.4 Å². The Morgan fingerprint density at radius 2 is 1.74 bits per heavy atom. The number of carbonyl (C=O) groups is 4. The van der Waals surface area contributed by atoms with Crippen molar-refractivity contribution in [1.82, 2.24) is 30.4 Å². The Bertz CT molecular complexity index is 2700. The average Bonchev–Trinajstić information content (AvgIpc) is 4.00. The van der Waals surface area contributed by atoms with Crippen LogP contribution in [0.4, 0.5) is 34.8 Å². The molecule has 3 aliphatic rings. The lowest BCUT2D eigenvalue weighted by molar-refractivity contribution is -0.144. The summed E-state index contributed by atoms with van der Waals surface area (Å²) in [5.41, 5.74) is -0.489. The molecule has 72 heavy (non-hydrogen) atoms. The molecule has 4 aromatic rings. The first-order valence-corrected chi connectivity index (χ1v) is 24.8. The zero-order valence-electron chi connectivity index (χ0n) is 40.9. The molecule has 16 nitrogen and oxygen atoms in total. The number of alkyl halides is 3. The topological polar surface area (TPSA) is 188 Å². The van der Waals surface area contributed by atoms with Gasteiger partial charge in [-0.25, -0.2) is 14.4 Å². The van der Waals surface area contributed by atoms with E-state index in [9.17, 15) is 42.7 Å². The third-order valence-electron chi connectivity index (χ3n) is 13.1. The first-order chi connectivity index (χ1) is 34.0. The molecule has 3 saturated heterocycles. The number of halogens is 4. The van der Waals surface area contributed by atoms with E-state index in [-0.39, 0.29) is 37.1 Å². The third kappa shape index (κ3) is 11.7. The number of rotatable bonds is 16. The second-order valence-electron chi connectivity index (χ2n) is 19.7. The minimum Gasteiger partial charge on any atom is -0.391 e. The zero-order chi connectivity index (χ0) is 52.3. The number of nitrogens with one attached hydrogen (secondary N) is 2. The molecule has 3 fully saturated rings. The van der Waals surface area contributed by atoms with Crippen LogP contribution in [0.3, 0.4) is 0 Å². The number of aliphatic hydroxyl groups is 1. The van der Waals surface area contributed by atoms with E-state index in [1.807, 2.05) is 52.0 Å². The fourth-order valence-corrected chi connectivity index (χ4v) is 10.5. The number of anilines is 3. The maximum atomic E-state index is 15.5. The van der Waals surface area contributed by atoms with Crippen molar-refractivity contribution < 1.29 is 46.6 Å². The number of amides is 4. The van der Waals surface area contributed by atoms with Gasteiger partial charge in [0.25, 0.3) is 5.91 Å². The Balaban J connectivity index is 0.832. The summed E-state index contributed by atoms with van der Waals surface area (Å²) in [5, 5.41) is 25.3. The van der Waals surface area contributed by atoms with Gasteiger partial charge in [0.2, 0.25) is 17.7 Å². The molecule has 0 aliphatic carbocycles. The zero-order valence-corrected chi connectivity index (χ0v) is 42.5. The Kier molecular flexibility index (Phi) is 16.3. The highest BCUT2D eigenvalue weighted by Crippen LogP contribution is 2.42. The van der Waals surface area contributed by atoms with E-state index in [0.717, 1.165) is 64.8 Å². The van der Waals surface area contributed by atoms with Crippen molar-refractivity contribution in [3.8, 4) is 16.5 Å². The van der Waals surface area contributed by atoms with Crippen LogP contribution in [0.15, 0.2) is 60.2 Å². The summed E-state index contributed by atoms with van der Waals surface area (Å²) in [6, 6.07) is 12.5. The van der Waals surface area contributed by atoms with Gasteiger partial charge in [-0.3, -0.25) is 29.0 Å². The van der Waals surface area contributed by atoms with E-state index in [1.54, 1.807) is 29.0 Å². The molecule has 384 valence electrons. The molecule has 3 atom stereocenters. The number of hydrogen-bond acceptors (Lipinski definition) is 13. The molecule has 3 N–H and O–H groups in total. The smallest absolute Gasteiger partial charge is 0.391 e. The van der Waals surface area contributed by atoms with Crippen molar-refractivity contribution in [2.45, 2.75) is 97.3 Å². The van der Waals surface area contributed by atoms with Crippen LogP contribution >= 0.6 is 23.6 Å². The van der Waals surface area contributed by atoms with Gasteiger partial charge < -0.3 is 35.2 Å². The summed E-state index contributed by atoms with van der Waals surface area (Å²) in [6.07, 6.45) is -3.00. The van der Waals surface area contributed by atoms with Crippen LogP contribution in [0.2, 0.25) is 0 Å². The first-order valence-electron chi connectivity index (χ1n) is 23.6. The lowest BCUT2D eigenvalue weighted by Gasteiger charge is -2.36. The van der Waals surface area contributed by atoms with Gasteiger partial charge in [-0.15, -0.1) is 11.3 Å². The number of likely N-dealkylation sites (tertiary alicyclic amines) is 1. The number of thiazole rings is 1. The molecule has 7 rings (SSSR count). The molecule has 3 aliphatic heterocycles. The highest BCUT2D eigenvalue weighted by molar-refractivity contribution is 7.81. The largest absolute Gasteiger partial charge is 0.420 e. The lowest BCUT2D eigenvalue weighted by atomic mass is 9.85. The summed E-state index contributed by atoms with van der Waals surface area (Å²) in [7, 11) is 0. The van der Waals surface area contributed by atoms with Gasteiger partial charge in [0.1, 0.15) is 35.6 Å². The first kappa shape index (κ1) is 53.7. The van der Waals surface area contributed by atoms with Crippen molar-refractivity contribution in [1.29, 1.82) is 5.26 Å². The number of thiocarbonyl (C=S) groups is 1. The molecule has 2 aromatic carbocycles. The Morgan fingerprint density at radius 3 is 2.35 bits per heavy atom. The summed E-state index contributed by atoms with van der Waals surface area (Å²) in [4.78, 5) is 72.1. The van der Waals surface area contributed by atoms with E-state index in [1.165, 1.54) is 35.9 Å². The summed E-state index contributed by atoms with van der Waals surface area (Å²) in [5.74, 6) is -3.17. The van der Waals surface area contributed by atoms with Crippen LogP contribution < -0.4 is 25.3 Å². The van der Waals surface area contributed by atoms with Crippen LogP contribution in [0.5, 0.6) is 0 Å². The second kappa shape index (κ2) is 21.9. The number of aliphatic hydroxyl groups excluding tert-OH is 1. The van der Waals surface area contributed by atoms with E-state index >= 15 is 4.39 Å². The Hall–Kier alpha value is -6.12. The molecule has 2 aromatic heterocycles. The average molecular weight is 1040 g/mol. The fourth-order valence-electron chi connectivity index (χ4n) is 9.13. The number of ether oxygens (including phenoxy) is 1. The van der Waals surface area contributed by atoms with Gasteiger partial charge >= 0.3 is 6.18 Å². The Labute approximate surface area is 424 Å². The van der Waals surface area contributed by atoms with Gasteiger partial charge in [0.05, 0.1) is 51.4 Å². The van der Waals surface area contributed by atoms with Gasteiger partial charge in [-0.1, -0.05) is 45.0 Å². The minimum atomic E-state index is -5.19. The van der Waals surface area contributed by atoms with Gasteiger partial charge in [0.15, 0.2) is 10.9 Å². The standard InChI is InChI=1S/C50H58F4N10O6S2/c1-30-42(72-29-58-30)32-11-9-31(10-12-32)25-57-44(67)37-23-35(65)27-62(37)45(68)43(48(2,3)4)59-39(66)28-70-22-8-7-17-60-18-20-61(21-19-60)38-16-14-34(26-56-38)64-47(71)63(46(69)49(64,5)6)36-15-13-33(24-55)40(41(36)51)50(52,53)54/h9-16,26,29,35,37,43,65H,7-8,17-23,25,27-28H2,1-6H3,(H,57,67)(H,59,66)/t35-,37+,43-/m1/s1. The fraction of sp³-hybridized carbons (Fsp3) is 0.480. The maximum Gasteiger partial charge on any atom is 0.420 e. The van der Waals surface area contributed by atoms with Gasteiger partial charge in [-0.2, -0.15) is 18.4 Å². The summed E-state index contributed by atoms with van der Waals surface area (Å²) in [6.45, 7) is 14.4. The van der Waals surface area contributed by atoms with Crippen LogP contribution in [-0.4, -0.2) is 130 Å². The highest BCUT2D eigenvalue weighted by Gasteiger charge is 2.52. The van der Waals surface area contributed by atoms with Gasteiger partial charge in [0, 0.05) is 52.3 Å². The Morgan fingerprint density at radius 1 is 1.03 bits per heavy atom. The molecule has 22 heteroatoms. The quantitative estimate of drug-likeness (QED) is 0.0656. The van der Waals surface area contributed by atoms with Crippen LogP contribution in [0, 0.1) is 29.5 Å². The van der Waals surface area contributed by atoms with E-state index < -0.39 is 75.7 Å². The number of aryl methyl sites for hydroxylation is 1. The lowest BCUT2D eigenvalue weighted by Crippen LogP contribution is -2.58. The molecule has 0 bridgehead atoms. The molecule has 4 amide bonds. The van der Waals surface area contributed by atoms with E-state index in [4.69, 9.17) is 17.0 Å². The number of unbranched alkanes of at least 4 members (excludes halogenated alkanes) is 1. The minimum absolute atomic E-state index is 0.0355. The number of β-amino-alcohol motifs (C(OH)–C–C–N with tert-alkyl or cyclic N) is 1. The predicted molar refractivity (Wildman–Crippen MR) is 267 cm³/mol. The molecule has 0 radical (unpaired) electrons. The molecule has 0 saturated carbocycles. The number of piperazine rings is 1. The predicted octanol–water partition coefficient (Wildman–Crippen LogP) is 6.19. The SMILES string of the molecule is Cc1ncsc1-c1ccc(CNC(=O)[C@@H]2C[C@@H](O)CN2C(=O)[C@@H](NC(=O)COCCCCN2CCN(c3ccc(N4C(=S)N(c5ccc(C#N)c(C(F)(F)F)c5F)C(=O)C4(C)C)cn3)CC2)C(C)(C)C)cc1. The number of nitriles is 1. The number of aromatic nitrogens is 2. The molecule has 0 spiro atoms. The summed E-state index contributed by atoms with van der Waals surface area (Å²) < 4.78 is 62.5.